The summed E-state index contributed by atoms with van der Waals surface area (Å²) in [7, 11) is 0. The molecule has 0 atom stereocenters. The van der Waals surface area contributed by atoms with Gasteiger partial charge in [-0.15, -0.1) is 0 Å². The molecule has 0 fully saturated rings. The Labute approximate surface area is 285 Å². The van der Waals surface area contributed by atoms with E-state index < -0.39 is 0 Å². The normalized spacial score (nSPS) is 13.2. The molecule has 0 N–H and O–H groups in total. The molecule has 0 aliphatic carbocycles. The molecular formula is C46H33BN2. The van der Waals surface area contributed by atoms with Gasteiger partial charge in [-0.3, -0.25) is 0 Å². The molecule has 230 valence electrons. The van der Waals surface area contributed by atoms with Crippen molar-refractivity contribution in [1.82, 2.24) is 9.13 Å². The molecule has 49 heavy (non-hydrogen) atoms. The second-order valence-corrected chi connectivity index (χ2v) is 14.9. The van der Waals surface area contributed by atoms with Gasteiger partial charge in [0.2, 0.25) is 0 Å². The minimum atomic E-state index is 0.0600. The third-order valence-corrected chi connectivity index (χ3v) is 11.2. The number of fused-ring (bicyclic) bond motifs is 10. The zero-order chi connectivity index (χ0) is 32.6. The Hall–Kier alpha value is -5.80. The molecule has 0 unspecified atom stereocenters. The highest BCUT2D eigenvalue weighted by atomic mass is 15.0. The lowest BCUT2D eigenvalue weighted by molar-refractivity contribution is 0.591. The van der Waals surface area contributed by atoms with Crippen LogP contribution in [0.15, 0.2) is 146 Å². The number of aromatic nitrogens is 2. The van der Waals surface area contributed by atoms with E-state index in [0.717, 1.165) is 0 Å². The molecule has 0 saturated carbocycles. The first kappa shape index (κ1) is 27.2. The van der Waals surface area contributed by atoms with Crippen molar-refractivity contribution in [2.45, 2.75) is 26.2 Å². The van der Waals surface area contributed by atoms with Gasteiger partial charge in [0, 0.05) is 33.1 Å². The molecule has 0 amide bonds. The van der Waals surface area contributed by atoms with Crippen LogP contribution >= 0.6 is 0 Å². The van der Waals surface area contributed by atoms with E-state index in [2.05, 4.69) is 175 Å². The smallest absolute Gasteiger partial charge is 0.253 e. The Kier molecular flexibility index (Phi) is 5.23. The van der Waals surface area contributed by atoms with Crippen molar-refractivity contribution in [2.75, 3.05) is 0 Å². The van der Waals surface area contributed by atoms with Crippen molar-refractivity contribution in [2.24, 2.45) is 0 Å². The molecule has 2 aliphatic heterocycles. The molecule has 3 heteroatoms. The maximum absolute atomic E-state index is 2.62. The minimum Gasteiger partial charge on any atom is -0.310 e. The summed E-state index contributed by atoms with van der Waals surface area (Å²) in [4.78, 5) is 0. The first-order valence-corrected chi connectivity index (χ1v) is 17.4. The molecule has 2 aliphatic rings. The molecule has 2 aromatic heterocycles. The van der Waals surface area contributed by atoms with Gasteiger partial charge < -0.3 is 9.13 Å². The highest BCUT2D eigenvalue weighted by Gasteiger charge is 2.42. The second-order valence-electron chi connectivity index (χ2n) is 14.9. The van der Waals surface area contributed by atoms with Crippen LogP contribution in [0, 0.1) is 0 Å². The number of para-hydroxylation sites is 1. The maximum Gasteiger partial charge on any atom is 0.253 e. The third-order valence-electron chi connectivity index (χ3n) is 11.2. The Bertz CT molecular complexity index is 2850. The number of rotatable bonds is 2. The summed E-state index contributed by atoms with van der Waals surface area (Å²) in [6.07, 6.45) is 0. The average molecular weight is 625 g/mol. The molecule has 0 bridgehead atoms. The van der Waals surface area contributed by atoms with E-state index in [1.807, 2.05) is 0 Å². The van der Waals surface area contributed by atoms with E-state index in [1.54, 1.807) is 0 Å². The van der Waals surface area contributed by atoms with Crippen LogP contribution in [-0.2, 0) is 5.41 Å². The van der Waals surface area contributed by atoms with Crippen LogP contribution in [0.25, 0.3) is 77.2 Å². The van der Waals surface area contributed by atoms with Crippen molar-refractivity contribution in [3.05, 3.63) is 151 Å². The van der Waals surface area contributed by atoms with E-state index in [4.69, 9.17) is 0 Å². The zero-order valence-corrected chi connectivity index (χ0v) is 27.8. The maximum atomic E-state index is 2.62. The van der Waals surface area contributed by atoms with Gasteiger partial charge in [0.1, 0.15) is 0 Å². The van der Waals surface area contributed by atoms with Crippen LogP contribution in [0.5, 0.6) is 0 Å². The van der Waals surface area contributed by atoms with Crippen LogP contribution in [0.2, 0.25) is 0 Å². The lowest BCUT2D eigenvalue weighted by Crippen LogP contribution is -2.59. The van der Waals surface area contributed by atoms with Crippen molar-refractivity contribution in [1.29, 1.82) is 0 Å². The topological polar surface area (TPSA) is 9.86 Å². The Morgan fingerprint density at radius 1 is 0.490 bits per heavy atom. The highest BCUT2D eigenvalue weighted by Crippen LogP contribution is 2.46. The monoisotopic (exact) mass is 624 g/mol. The fourth-order valence-electron chi connectivity index (χ4n) is 9.16. The van der Waals surface area contributed by atoms with Gasteiger partial charge >= 0.3 is 0 Å². The van der Waals surface area contributed by atoms with Gasteiger partial charge in [0.15, 0.2) is 0 Å². The van der Waals surface area contributed by atoms with E-state index in [1.165, 1.54) is 99.2 Å². The number of hydrogen-bond acceptors (Lipinski definition) is 0. The lowest BCUT2D eigenvalue weighted by atomic mass is 9.33. The van der Waals surface area contributed by atoms with Crippen LogP contribution in [-0.4, -0.2) is 15.8 Å². The number of nitrogens with zero attached hydrogens (tertiary/aromatic N) is 2. The summed E-state index contributed by atoms with van der Waals surface area (Å²) in [5, 5.41) is 6.58. The molecular weight excluding hydrogens is 591 g/mol. The summed E-state index contributed by atoms with van der Waals surface area (Å²) >= 11 is 0. The van der Waals surface area contributed by atoms with E-state index in [-0.39, 0.29) is 12.1 Å². The zero-order valence-electron chi connectivity index (χ0n) is 27.8. The second kappa shape index (κ2) is 9.42. The quantitative estimate of drug-likeness (QED) is 0.170. The Balaban J connectivity index is 1.41. The van der Waals surface area contributed by atoms with Gasteiger partial charge in [-0.1, -0.05) is 136 Å². The average Bonchev–Trinajstić information content (AvgIpc) is 3.66. The fourth-order valence-corrected chi connectivity index (χ4v) is 9.16. The molecule has 4 heterocycles. The molecule has 7 aromatic carbocycles. The SMILES string of the molecule is CC(C)(C)c1ccc2c(c1)c1ccc3c4c1n2-c1ccccc1B4c1c2ccccc2cc2c(-c4ccccc4)c(-c4ccccc4)n-3c12. The standard InChI is InChI=1S/C46H33BN2/c1-46(2,3)31-22-24-37-34(27-31)33-23-25-39-42-44(33)48(37)38-21-13-12-20-36(38)47(42)41-32-19-11-10-18-30(32)26-35-40(28-14-6-4-7-15-28)43(49(39)45(35)41)29-16-8-5-9-17-29/h4-27H,1-3H3. The van der Waals surface area contributed by atoms with Crippen molar-refractivity contribution < 1.29 is 0 Å². The van der Waals surface area contributed by atoms with Gasteiger partial charge in [-0.25, -0.2) is 0 Å². The summed E-state index contributed by atoms with van der Waals surface area (Å²) in [5.41, 5.74) is 17.1. The molecule has 0 spiro atoms. The fraction of sp³-hybridized carbons (Fsp3) is 0.0870. The highest BCUT2D eigenvalue weighted by molar-refractivity contribution is 7.01. The van der Waals surface area contributed by atoms with Crippen molar-refractivity contribution in [3.8, 4) is 33.8 Å². The number of hydrogen-bond donors (Lipinski definition) is 0. The van der Waals surface area contributed by atoms with Gasteiger partial charge in [0.25, 0.3) is 6.71 Å². The van der Waals surface area contributed by atoms with Crippen molar-refractivity contribution in [3.63, 3.8) is 0 Å². The summed E-state index contributed by atoms with van der Waals surface area (Å²) < 4.78 is 5.19. The molecule has 11 rings (SSSR count). The van der Waals surface area contributed by atoms with Gasteiger partial charge in [-0.2, -0.15) is 0 Å². The van der Waals surface area contributed by atoms with Crippen LogP contribution in [0.4, 0.5) is 0 Å². The summed E-state index contributed by atoms with van der Waals surface area (Å²) in [5.74, 6) is 0. The summed E-state index contributed by atoms with van der Waals surface area (Å²) in [6, 6.07) is 54.7. The van der Waals surface area contributed by atoms with Crippen LogP contribution in [0.3, 0.4) is 0 Å². The molecule has 0 saturated heterocycles. The van der Waals surface area contributed by atoms with Gasteiger partial charge in [-0.05, 0) is 79.6 Å². The first-order chi connectivity index (χ1) is 24.0. The Morgan fingerprint density at radius 3 is 1.98 bits per heavy atom. The molecule has 2 nitrogen and oxygen atoms in total. The Morgan fingerprint density at radius 2 is 1.18 bits per heavy atom. The van der Waals surface area contributed by atoms with Gasteiger partial charge in [0.05, 0.1) is 22.2 Å². The lowest BCUT2D eigenvalue weighted by Gasteiger charge is -2.34. The predicted molar refractivity (Wildman–Crippen MR) is 209 cm³/mol. The van der Waals surface area contributed by atoms with Crippen LogP contribution < -0.4 is 16.4 Å². The predicted octanol–water partition coefficient (Wildman–Crippen LogP) is 9.66. The van der Waals surface area contributed by atoms with Crippen LogP contribution in [0.1, 0.15) is 26.3 Å². The van der Waals surface area contributed by atoms with E-state index in [9.17, 15) is 0 Å². The minimum absolute atomic E-state index is 0.0600. The van der Waals surface area contributed by atoms with Crippen molar-refractivity contribution >= 4 is 66.6 Å². The first-order valence-electron chi connectivity index (χ1n) is 17.4. The largest absolute Gasteiger partial charge is 0.310 e. The summed E-state index contributed by atoms with van der Waals surface area (Å²) in [6.45, 7) is 7.03. The molecule has 9 aromatic rings. The van der Waals surface area contributed by atoms with E-state index >= 15 is 0 Å². The third kappa shape index (κ3) is 3.47. The molecule has 0 radical (unpaired) electrons. The van der Waals surface area contributed by atoms with E-state index in [0.29, 0.717) is 0 Å². The number of benzene rings is 7.